The normalized spacial score (nSPS) is 12.2. The van der Waals surface area contributed by atoms with Crippen molar-refractivity contribution in [2.24, 2.45) is 5.84 Å². The van der Waals surface area contributed by atoms with Crippen molar-refractivity contribution < 1.29 is 4.74 Å². The van der Waals surface area contributed by atoms with E-state index >= 15 is 0 Å². The number of methoxy groups -OCH3 is 1. The molecule has 4 nitrogen and oxygen atoms in total. The highest BCUT2D eigenvalue weighted by Gasteiger charge is 2.17. The van der Waals surface area contributed by atoms with Crippen LogP contribution in [0.15, 0.2) is 36.7 Å². The second-order valence-corrected chi connectivity index (χ2v) is 5.04. The maximum Gasteiger partial charge on any atom is 0.123 e. The van der Waals surface area contributed by atoms with Gasteiger partial charge in [0.1, 0.15) is 5.75 Å². The monoisotopic (exact) mass is 291 g/mol. The van der Waals surface area contributed by atoms with Gasteiger partial charge in [-0.15, -0.1) is 0 Å². The highest BCUT2D eigenvalue weighted by Crippen LogP contribution is 2.29. The van der Waals surface area contributed by atoms with Crippen molar-refractivity contribution in [3.8, 4) is 5.75 Å². The number of pyridine rings is 1. The maximum absolute atomic E-state index is 6.16. The van der Waals surface area contributed by atoms with Crippen LogP contribution in [0.5, 0.6) is 5.75 Å². The smallest absolute Gasteiger partial charge is 0.123 e. The van der Waals surface area contributed by atoms with Gasteiger partial charge in [-0.2, -0.15) is 0 Å². The van der Waals surface area contributed by atoms with Gasteiger partial charge in [-0.1, -0.05) is 29.3 Å². The molecule has 0 aliphatic rings. The number of ether oxygens (including phenoxy) is 1. The van der Waals surface area contributed by atoms with Gasteiger partial charge in [-0.3, -0.25) is 16.3 Å². The summed E-state index contributed by atoms with van der Waals surface area (Å²) in [6.07, 6.45) is 4.03. The van der Waals surface area contributed by atoms with Crippen LogP contribution in [0.3, 0.4) is 0 Å². The number of aromatic nitrogens is 1. The minimum absolute atomic E-state index is 0.0789. The Bertz CT molecular complexity index is 589. The molecule has 0 radical (unpaired) electrons. The number of halogens is 1. The van der Waals surface area contributed by atoms with Crippen LogP contribution >= 0.6 is 11.6 Å². The molecule has 0 saturated heterocycles. The van der Waals surface area contributed by atoms with Gasteiger partial charge < -0.3 is 4.74 Å². The molecule has 0 aliphatic carbocycles. The highest BCUT2D eigenvalue weighted by atomic mass is 35.5. The van der Waals surface area contributed by atoms with Gasteiger partial charge in [0.2, 0.25) is 0 Å². The number of hydrogen-bond donors (Lipinski definition) is 2. The van der Waals surface area contributed by atoms with Crippen LogP contribution in [0.1, 0.15) is 22.7 Å². The lowest BCUT2D eigenvalue weighted by Gasteiger charge is -2.20. The van der Waals surface area contributed by atoms with Gasteiger partial charge in [0.15, 0.2) is 0 Å². The summed E-state index contributed by atoms with van der Waals surface area (Å²) >= 11 is 6.16. The molecule has 1 unspecified atom stereocenters. The van der Waals surface area contributed by atoms with E-state index in [2.05, 4.69) is 16.5 Å². The summed E-state index contributed by atoms with van der Waals surface area (Å²) in [7, 11) is 1.65. The van der Waals surface area contributed by atoms with Crippen LogP contribution in [0.4, 0.5) is 0 Å². The molecule has 0 saturated carbocycles. The van der Waals surface area contributed by atoms with E-state index in [-0.39, 0.29) is 6.04 Å². The molecule has 0 spiro atoms. The van der Waals surface area contributed by atoms with Gasteiger partial charge in [-0.05, 0) is 31.0 Å². The molecule has 2 aromatic rings. The van der Waals surface area contributed by atoms with E-state index in [1.807, 2.05) is 25.1 Å². The number of aryl methyl sites for hydroxylation is 1. The first-order chi connectivity index (χ1) is 9.65. The number of nitrogens with zero attached hydrogens (tertiary/aromatic N) is 1. The molecule has 2 rings (SSSR count). The molecule has 20 heavy (non-hydrogen) atoms. The summed E-state index contributed by atoms with van der Waals surface area (Å²) in [4.78, 5) is 3.99. The first-order valence-electron chi connectivity index (χ1n) is 6.34. The Morgan fingerprint density at radius 1 is 1.40 bits per heavy atom. The number of nitrogens with one attached hydrogen (secondary N) is 1. The van der Waals surface area contributed by atoms with E-state index < -0.39 is 0 Å². The van der Waals surface area contributed by atoms with Crippen LogP contribution in [0.25, 0.3) is 0 Å². The second kappa shape index (κ2) is 6.70. The molecule has 1 heterocycles. The van der Waals surface area contributed by atoms with Crippen molar-refractivity contribution in [3.05, 3.63) is 58.4 Å². The quantitative estimate of drug-likeness (QED) is 0.657. The van der Waals surface area contributed by atoms with Crippen molar-refractivity contribution in [1.82, 2.24) is 10.4 Å². The van der Waals surface area contributed by atoms with Gasteiger partial charge in [-0.25, -0.2) is 0 Å². The Morgan fingerprint density at radius 3 is 2.85 bits per heavy atom. The van der Waals surface area contributed by atoms with E-state index in [1.54, 1.807) is 19.5 Å². The predicted octanol–water partition coefficient (Wildman–Crippen LogP) is 2.80. The van der Waals surface area contributed by atoms with Gasteiger partial charge in [0.05, 0.1) is 18.2 Å². The average molecular weight is 292 g/mol. The summed E-state index contributed by atoms with van der Waals surface area (Å²) in [6.45, 7) is 2.04. The summed E-state index contributed by atoms with van der Waals surface area (Å²) in [6, 6.07) is 7.84. The van der Waals surface area contributed by atoms with Gasteiger partial charge >= 0.3 is 0 Å². The molecular weight excluding hydrogens is 274 g/mol. The van der Waals surface area contributed by atoms with Crippen molar-refractivity contribution >= 4 is 11.6 Å². The fraction of sp³-hybridized carbons (Fsp3) is 0.267. The minimum Gasteiger partial charge on any atom is -0.496 e. The number of hydrazine groups is 1. The zero-order valence-electron chi connectivity index (χ0n) is 11.6. The Hall–Kier alpha value is -1.62. The van der Waals surface area contributed by atoms with E-state index in [0.717, 1.165) is 22.4 Å². The number of benzene rings is 1. The predicted molar refractivity (Wildman–Crippen MR) is 80.7 cm³/mol. The fourth-order valence-corrected chi connectivity index (χ4v) is 2.37. The van der Waals surface area contributed by atoms with E-state index in [1.165, 1.54) is 0 Å². The van der Waals surface area contributed by atoms with Crippen molar-refractivity contribution in [3.63, 3.8) is 0 Å². The lowest BCUT2D eigenvalue weighted by molar-refractivity contribution is 0.399. The third kappa shape index (κ3) is 3.28. The second-order valence-electron chi connectivity index (χ2n) is 4.64. The Morgan fingerprint density at radius 2 is 2.20 bits per heavy atom. The third-order valence-electron chi connectivity index (χ3n) is 3.24. The van der Waals surface area contributed by atoms with Crippen LogP contribution < -0.4 is 16.0 Å². The van der Waals surface area contributed by atoms with Crippen LogP contribution in [0.2, 0.25) is 5.02 Å². The van der Waals surface area contributed by atoms with Crippen LogP contribution in [-0.2, 0) is 6.42 Å². The Kier molecular flexibility index (Phi) is 4.95. The first-order valence-corrected chi connectivity index (χ1v) is 6.72. The fourth-order valence-electron chi connectivity index (χ4n) is 2.17. The maximum atomic E-state index is 6.16. The van der Waals surface area contributed by atoms with Crippen molar-refractivity contribution in [2.45, 2.75) is 19.4 Å². The van der Waals surface area contributed by atoms with E-state index in [0.29, 0.717) is 11.4 Å². The number of hydrogen-bond acceptors (Lipinski definition) is 4. The zero-order valence-corrected chi connectivity index (χ0v) is 12.3. The summed E-state index contributed by atoms with van der Waals surface area (Å²) in [5.41, 5.74) is 6.00. The summed E-state index contributed by atoms with van der Waals surface area (Å²) < 4.78 is 5.41. The number of rotatable bonds is 5. The molecule has 1 aromatic carbocycles. The SMILES string of the molecule is COc1ccc(C)cc1C(Cc1ccncc1Cl)NN. The zero-order chi connectivity index (χ0) is 14.5. The molecule has 0 fully saturated rings. The van der Waals surface area contributed by atoms with Crippen LogP contribution in [0, 0.1) is 6.92 Å². The molecule has 5 heteroatoms. The molecule has 0 bridgehead atoms. The Labute approximate surface area is 123 Å². The van der Waals surface area contributed by atoms with E-state index in [4.69, 9.17) is 22.2 Å². The molecule has 3 N–H and O–H groups in total. The number of nitrogens with two attached hydrogens (primary N) is 1. The van der Waals surface area contributed by atoms with Crippen LogP contribution in [-0.4, -0.2) is 12.1 Å². The summed E-state index contributed by atoms with van der Waals surface area (Å²) in [5.74, 6) is 6.52. The standard InChI is InChI=1S/C15H18ClN3O/c1-10-3-4-15(20-2)12(7-10)14(19-17)8-11-5-6-18-9-13(11)16/h3-7,9,14,19H,8,17H2,1-2H3. The average Bonchev–Trinajstić information content (AvgIpc) is 2.46. The molecule has 1 aromatic heterocycles. The van der Waals surface area contributed by atoms with Gasteiger partial charge in [0.25, 0.3) is 0 Å². The lowest BCUT2D eigenvalue weighted by atomic mass is 9.97. The van der Waals surface area contributed by atoms with Crippen molar-refractivity contribution in [1.29, 1.82) is 0 Å². The molecular formula is C15H18ClN3O. The third-order valence-corrected chi connectivity index (χ3v) is 3.58. The van der Waals surface area contributed by atoms with E-state index in [9.17, 15) is 0 Å². The largest absolute Gasteiger partial charge is 0.496 e. The Balaban J connectivity index is 2.33. The highest BCUT2D eigenvalue weighted by molar-refractivity contribution is 6.31. The topological polar surface area (TPSA) is 60.2 Å². The summed E-state index contributed by atoms with van der Waals surface area (Å²) in [5, 5.41) is 0.638. The van der Waals surface area contributed by atoms with Crippen molar-refractivity contribution in [2.75, 3.05) is 7.11 Å². The first kappa shape index (κ1) is 14.8. The molecule has 0 amide bonds. The minimum atomic E-state index is -0.0789. The molecule has 106 valence electrons. The molecule has 0 aliphatic heterocycles. The molecule has 1 atom stereocenters. The van der Waals surface area contributed by atoms with Gasteiger partial charge in [0, 0.05) is 18.0 Å². The lowest BCUT2D eigenvalue weighted by Crippen LogP contribution is -2.30.